The summed E-state index contributed by atoms with van der Waals surface area (Å²) in [6.07, 6.45) is -0.483. The minimum Gasteiger partial charge on any atom is -0.431 e. The highest BCUT2D eigenvalue weighted by Gasteiger charge is 2.33. The second kappa shape index (κ2) is 15.3. The number of hydrogen-bond donors (Lipinski definition) is 2. The quantitative estimate of drug-likeness (QED) is 0.111. The zero-order chi connectivity index (χ0) is 32.8. The van der Waals surface area contributed by atoms with Gasteiger partial charge >= 0.3 is 0 Å². The lowest BCUT2D eigenvalue weighted by Crippen LogP contribution is -2.34. The first kappa shape index (κ1) is 33.6. The van der Waals surface area contributed by atoms with Gasteiger partial charge in [0.05, 0.1) is 18.8 Å². The van der Waals surface area contributed by atoms with Crippen molar-refractivity contribution in [1.82, 2.24) is 10.3 Å². The van der Waals surface area contributed by atoms with Crippen LogP contribution in [0.1, 0.15) is 41.1 Å². The predicted molar refractivity (Wildman–Crippen MR) is 185 cm³/mol. The molecule has 4 aromatic carbocycles. The van der Waals surface area contributed by atoms with E-state index in [-0.39, 0.29) is 25.4 Å². The fourth-order valence-electron chi connectivity index (χ4n) is 5.20. The number of rotatable bonds is 10. The van der Waals surface area contributed by atoms with Crippen LogP contribution in [0, 0.1) is 0 Å². The summed E-state index contributed by atoms with van der Waals surface area (Å²) in [6.45, 7) is 0.169. The normalized spacial score (nSPS) is 18.2. The Hall–Kier alpha value is -3.34. The third kappa shape index (κ3) is 8.58. The van der Waals surface area contributed by atoms with E-state index in [1.54, 1.807) is 0 Å². The lowest BCUT2D eigenvalue weighted by molar-refractivity contribution is -0.245. The van der Waals surface area contributed by atoms with E-state index in [2.05, 4.69) is 5.32 Å². The van der Waals surface area contributed by atoms with Crippen molar-refractivity contribution >= 4 is 52.5 Å². The Bertz CT molecular complexity index is 1710. The number of hydrogen-bond acceptors (Lipinski definition) is 7. The minimum atomic E-state index is -2.03. The van der Waals surface area contributed by atoms with E-state index < -0.39 is 16.0 Å². The van der Waals surface area contributed by atoms with E-state index in [0.717, 1.165) is 44.8 Å². The van der Waals surface area contributed by atoms with Crippen LogP contribution in [-0.2, 0) is 27.4 Å². The van der Waals surface area contributed by atoms with Gasteiger partial charge in [0.2, 0.25) is 0 Å². The maximum atomic E-state index is 12.0. The van der Waals surface area contributed by atoms with Gasteiger partial charge in [0, 0.05) is 35.4 Å². The summed E-state index contributed by atoms with van der Waals surface area (Å²) in [7, 11) is 0. The molecule has 3 atom stereocenters. The summed E-state index contributed by atoms with van der Waals surface area (Å²) in [5, 5.41) is 12.7. The SMILES string of the molecule is O=C(NCc1ccc([C@@H]2O[C@H](CSc3nc(-c4ccccc4)c(-c4ccccc4)o3)C[C@H](c3ccc(CO)cc3)O2)cc1)C(Cl)(Cl)Cl. The number of carbonyl (C=O) groups excluding carboxylic acids is 1. The van der Waals surface area contributed by atoms with Crippen LogP contribution >= 0.6 is 46.6 Å². The Morgan fingerprint density at radius 2 is 1.45 bits per heavy atom. The van der Waals surface area contributed by atoms with Crippen molar-refractivity contribution < 1.29 is 23.8 Å². The van der Waals surface area contributed by atoms with E-state index in [1.165, 1.54) is 11.8 Å². The summed E-state index contributed by atoms with van der Waals surface area (Å²) >= 11 is 18.5. The van der Waals surface area contributed by atoms with Crippen LogP contribution in [0.5, 0.6) is 0 Å². The van der Waals surface area contributed by atoms with Crippen LogP contribution in [0.4, 0.5) is 0 Å². The summed E-state index contributed by atoms with van der Waals surface area (Å²) in [5.41, 5.74) is 6.18. The number of nitrogens with zero attached hydrogens (tertiary/aromatic N) is 1. The monoisotopic (exact) mass is 708 g/mol. The second-order valence-corrected chi connectivity index (χ2v) is 14.2. The molecule has 1 amide bonds. The molecule has 1 aliphatic rings. The average molecular weight is 710 g/mol. The molecular weight excluding hydrogens is 679 g/mol. The number of aliphatic hydroxyl groups is 1. The smallest absolute Gasteiger partial charge is 0.272 e. The van der Waals surface area contributed by atoms with Crippen molar-refractivity contribution in [3.63, 3.8) is 0 Å². The van der Waals surface area contributed by atoms with E-state index in [1.807, 2.05) is 109 Å². The topological polar surface area (TPSA) is 93.8 Å². The predicted octanol–water partition coefficient (Wildman–Crippen LogP) is 8.82. The second-order valence-electron chi connectivity index (χ2n) is 11.0. The van der Waals surface area contributed by atoms with E-state index >= 15 is 0 Å². The van der Waals surface area contributed by atoms with Crippen LogP contribution in [0.15, 0.2) is 119 Å². The van der Waals surface area contributed by atoms with Gasteiger partial charge in [-0.05, 0) is 16.7 Å². The van der Waals surface area contributed by atoms with Gasteiger partial charge in [-0.25, -0.2) is 4.98 Å². The van der Waals surface area contributed by atoms with Crippen molar-refractivity contribution in [3.8, 4) is 22.6 Å². The minimum absolute atomic E-state index is 0.0304. The molecule has 1 aromatic heterocycles. The van der Waals surface area contributed by atoms with Crippen molar-refractivity contribution in [3.05, 3.63) is 131 Å². The Labute approximate surface area is 292 Å². The maximum absolute atomic E-state index is 12.0. The molecule has 242 valence electrons. The van der Waals surface area contributed by atoms with Gasteiger partial charge in [-0.15, -0.1) is 0 Å². The average Bonchev–Trinajstić information content (AvgIpc) is 3.55. The number of aromatic nitrogens is 1. The van der Waals surface area contributed by atoms with Crippen molar-refractivity contribution in [1.29, 1.82) is 0 Å². The third-order valence-electron chi connectivity index (χ3n) is 7.66. The summed E-state index contributed by atoms with van der Waals surface area (Å²) in [4.78, 5) is 16.9. The van der Waals surface area contributed by atoms with Crippen molar-refractivity contribution in [2.24, 2.45) is 0 Å². The fourth-order valence-corrected chi connectivity index (χ4v) is 6.24. The highest BCUT2D eigenvalue weighted by molar-refractivity contribution is 7.99. The number of nitrogens with one attached hydrogen (secondary N) is 1. The molecule has 47 heavy (non-hydrogen) atoms. The first-order valence-electron chi connectivity index (χ1n) is 15.0. The van der Waals surface area contributed by atoms with Gasteiger partial charge in [0.1, 0.15) is 5.69 Å². The molecule has 1 fully saturated rings. The van der Waals surface area contributed by atoms with Crippen LogP contribution in [0.2, 0.25) is 0 Å². The molecule has 1 aliphatic heterocycles. The molecule has 0 bridgehead atoms. The van der Waals surface area contributed by atoms with Crippen LogP contribution < -0.4 is 5.32 Å². The molecule has 1 saturated heterocycles. The Morgan fingerprint density at radius 3 is 2.09 bits per heavy atom. The number of benzene rings is 4. The molecule has 2 heterocycles. The Balaban J connectivity index is 1.21. The van der Waals surface area contributed by atoms with Gasteiger partial charge in [0.15, 0.2) is 12.1 Å². The number of carbonyl (C=O) groups is 1. The number of thioether (sulfide) groups is 1. The molecule has 0 unspecified atom stereocenters. The van der Waals surface area contributed by atoms with Crippen molar-refractivity contribution in [2.45, 2.75) is 47.1 Å². The molecule has 0 radical (unpaired) electrons. The van der Waals surface area contributed by atoms with Gasteiger partial charge < -0.3 is 24.3 Å². The fraction of sp³-hybridized carbons (Fsp3) is 0.222. The number of halogens is 3. The highest BCUT2D eigenvalue weighted by Crippen LogP contribution is 2.41. The molecule has 5 aromatic rings. The molecule has 0 saturated carbocycles. The number of aliphatic hydroxyl groups excluding tert-OH is 1. The van der Waals surface area contributed by atoms with Crippen molar-refractivity contribution in [2.75, 3.05) is 5.75 Å². The third-order valence-corrected chi connectivity index (χ3v) is 9.14. The number of amides is 1. The number of alkyl halides is 3. The number of oxazole rings is 1. The first-order valence-corrected chi connectivity index (χ1v) is 17.1. The zero-order valence-electron chi connectivity index (χ0n) is 25.0. The largest absolute Gasteiger partial charge is 0.431 e. The van der Waals surface area contributed by atoms with Gasteiger partial charge in [-0.1, -0.05) is 156 Å². The first-order chi connectivity index (χ1) is 22.8. The lowest BCUT2D eigenvalue weighted by atomic mass is 10.0. The van der Waals surface area contributed by atoms with Gasteiger partial charge in [-0.2, -0.15) is 0 Å². The molecule has 7 nitrogen and oxygen atoms in total. The highest BCUT2D eigenvalue weighted by atomic mass is 35.6. The summed E-state index contributed by atoms with van der Waals surface area (Å²) in [6, 6.07) is 35.3. The maximum Gasteiger partial charge on any atom is 0.272 e. The summed E-state index contributed by atoms with van der Waals surface area (Å²) < 4.78 is 17.3. The molecule has 0 spiro atoms. The lowest BCUT2D eigenvalue weighted by Gasteiger charge is -2.36. The molecule has 0 aliphatic carbocycles. The standard InChI is InChI=1S/C36H31Cl3N2O5S/c37-36(38,39)34(43)40-20-23-11-17-28(18-12-23)33-44-29(19-30(45-33)25-15-13-24(21-42)14-16-25)22-47-35-41-31(26-7-3-1-4-8-26)32(46-35)27-9-5-2-6-10-27/h1-18,29-30,33,42H,19-22H2,(H,40,43)/t29-,30+,33+/m0/s1. The van der Waals surface area contributed by atoms with Gasteiger partial charge in [-0.3, -0.25) is 4.79 Å². The number of ether oxygens (including phenoxy) is 2. The van der Waals surface area contributed by atoms with Gasteiger partial charge in [0.25, 0.3) is 14.9 Å². The van der Waals surface area contributed by atoms with E-state index in [9.17, 15) is 9.90 Å². The van der Waals surface area contributed by atoms with Crippen LogP contribution in [0.3, 0.4) is 0 Å². The summed E-state index contributed by atoms with van der Waals surface area (Å²) in [5.74, 6) is 0.602. The van der Waals surface area contributed by atoms with E-state index in [4.69, 9.17) is 53.7 Å². The molecule has 2 N–H and O–H groups in total. The zero-order valence-corrected chi connectivity index (χ0v) is 28.1. The molecule has 11 heteroatoms. The Morgan fingerprint density at radius 1 is 0.830 bits per heavy atom. The molecular formula is C36H31Cl3N2O5S. The van der Waals surface area contributed by atoms with Crippen LogP contribution in [0.25, 0.3) is 22.6 Å². The Kier molecular flexibility index (Phi) is 10.9. The molecule has 6 rings (SSSR count). The van der Waals surface area contributed by atoms with E-state index in [0.29, 0.717) is 17.4 Å². The van der Waals surface area contributed by atoms with Crippen LogP contribution in [-0.4, -0.2) is 31.6 Å².